The molecule has 8 nitrogen and oxygen atoms in total. The van der Waals surface area contributed by atoms with Crippen LogP contribution in [0.25, 0.3) is 0 Å². The molecular weight excluding hydrogens is 478 g/mol. The molecule has 2 atom stereocenters. The molecule has 0 saturated heterocycles. The second-order valence-corrected chi connectivity index (χ2v) is 10.5. The Bertz CT molecular complexity index is 1200. The van der Waals surface area contributed by atoms with Crippen molar-refractivity contribution in [2.24, 2.45) is 0 Å². The highest BCUT2D eigenvalue weighted by molar-refractivity contribution is 7.90. The van der Waals surface area contributed by atoms with E-state index in [1.54, 1.807) is 43.3 Å². The molecule has 3 rings (SSSR count). The number of hydrogen-bond donors (Lipinski definition) is 1. The minimum Gasteiger partial charge on any atom is -0.352 e. The van der Waals surface area contributed by atoms with Gasteiger partial charge in [0, 0.05) is 30.6 Å². The van der Waals surface area contributed by atoms with E-state index in [0.29, 0.717) is 14.9 Å². The number of fused-ring (bicyclic) bond motifs is 1. The van der Waals surface area contributed by atoms with Crippen LogP contribution in [0.4, 0.5) is 0 Å². The largest absolute Gasteiger partial charge is 0.352 e. The third-order valence-corrected chi connectivity index (χ3v) is 8.12. The molecule has 0 unspecified atom stereocenters. The van der Waals surface area contributed by atoms with Gasteiger partial charge in [-0.15, -0.1) is 0 Å². The predicted octanol–water partition coefficient (Wildman–Crippen LogP) is 3.21. The van der Waals surface area contributed by atoms with E-state index < -0.39 is 27.9 Å². The Kier molecular flexibility index (Phi) is 7.99. The molecule has 1 aliphatic heterocycles. The Morgan fingerprint density at radius 1 is 1.09 bits per heavy atom. The van der Waals surface area contributed by atoms with Crippen molar-refractivity contribution in [2.75, 3.05) is 6.54 Å². The topological polar surface area (TPSA) is 104 Å². The summed E-state index contributed by atoms with van der Waals surface area (Å²) >= 11 is 6.28. The average Bonchev–Trinajstić information content (AvgIpc) is 3.01. The van der Waals surface area contributed by atoms with Crippen molar-refractivity contribution >= 4 is 39.3 Å². The predicted molar refractivity (Wildman–Crippen MR) is 129 cm³/mol. The van der Waals surface area contributed by atoms with Crippen LogP contribution in [0, 0.1) is 0 Å². The van der Waals surface area contributed by atoms with Crippen molar-refractivity contribution in [2.45, 2.75) is 57.1 Å². The fraction of sp³-hybridized carbons (Fsp3) is 0.375. The van der Waals surface area contributed by atoms with E-state index >= 15 is 0 Å². The average molecular weight is 506 g/mol. The first-order valence-electron chi connectivity index (χ1n) is 11.1. The first-order valence-corrected chi connectivity index (χ1v) is 12.9. The molecule has 1 N–H and O–H groups in total. The van der Waals surface area contributed by atoms with E-state index in [9.17, 15) is 22.8 Å². The van der Waals surface area contributed by atoms with E-state index in [1.807, 2.05) is 13.8 Å². The number of carbonyl (C=O) groups is 3. The zero-order chi connectivity index (χ0) is 25.0. The maximum absolute atomic E-state index is 13.3. The number of rotatable bonds is 9. The number of nitrogens with one attached hydrogen (secondary N) is 1. The molecule has 2 aromatic rings. The maximum Gasteiger partial charge on any atom is 0.269 e. The molecule has 0 radical (unpaired) electrons. The molecule has 1 aliphatic rings. The lowest BCUT2D eigenvalue weighted by atomic mass is 10.1. The van der Waals surface area contributed by atoms with Crippen LogP contribution >= 0.6 is 11.6 Å². The molecule has 0 bridgehead atoms. The number of benzene rings is 2. The Labute approximate surface area is 204 Å². The maximum atomic E-state index is 13.3. The van der Waals surface area contributed by atoms with E-state index in [4.69, 9.17) is 11.6 Å². The summed E-state index contributed by atoms with van der Waals surface area (Å²) in [5.41, 5.74) is 0.738. The van der Waals surface area contributed by atoms with Crippen LogP contribution in [0.3, 0.4) is 0 Å². The van der Waals surface area contributed by atoms with Gasteiger partial charge in [-0.25, -0.2) is 12.7 Å². The number of nitrogens with zero attached hydrogens (tertiary/aromatic N) is 2. The highest BCUT2D eigenvalue weighted by Crippen LogP contribution is 2.30. The molecular formula is C24H28ClN3O5S. The summed E-state index contributed by atoms with van der Waals surface area (Å²) in [7, 11) is -4.03. The Morgan fingerprint density at radius 3 is 2.38 bits per heavy atom. The number of carbonyl (C=O) groups excluding carboxylic acids is 3. The standard InChI is InChI=1S/C24H28ClN3O5S/c1-4-16(2)26-23(30)17(3)27(15-18-9-5-7-11-20(18)25)22(29)13-14-28-24(31)19-10-6-8-12-21(19)34(28,32)33/h5-12,16-17H,4,13-15H2,1-3H3,(H,26,30)/t16-,17+/m1/s1. The van der Waals surface area contributed by atoms with E-state index in [0.717, 1.165) is 6.42 Å². The number of hydrogen-bond acceptors (Lipinski definition) is 5. The zero-order valence-corrected chi connectivity index (χ0v) is 20.9. The van der Waals surface area contributed by atoms with Gasteiger partial charge >= 0.3 is 0 Å². The summed E-state index contributed by atoms with van der Waals surface area (Å²) in [4.78, 5) is 40.0. The highest BCUT2D eigenvalue weighted by Gasteiger charge is 2.41. The Hall–Kier alpha value is -2.91. The monoisotopic (exact) mass is 505 g/mol. The third-order valence-electron chi connectivity index (χ3n) is 5.91. The summed E-state index contributed by atoms with van der Waals surface area (Å²) in [6.45, 7) is 5.15. The summed E-state index contributed by atoms with van der Waals surface area (Å²) in [6, 6.07) is 12.0. The molecule has 0 saturated carbocycles. The number of amides is 3. The Balaban J connectivity index is 1.80. The van der Waals surface area contributed by atoms with Crippen LogP contribution < -0.4 is 5.32 Å². The fourth-order valence-electron chi connectivity index (χ4n) is 3.65. The quantitative estimate of drug-likeness (QED) is 0.563. The molecule has 0 spiro atoms. The van der Waals surface area contributed by atoms with Gasteiger partial charge in [-0.1, -0.05) is 48.9 Å². The van der Waals surface area contributed by atoms with Crippen molar-refractivity contribution in [3.63, 3.8) is 0 Å². The van der Waals surface area contributed by atoms with Gasteiger partial charge < -0.3 is 10.2 Å². The SMILES string of the molecule is CC[C@@H](C)NC(=O)[C@H](C)N(Cc1ccccc1Cl)C(=O)CCN1C(=O)c2ccccc2S1(=O)=O. The molecule has 0 aromatic heterocycles. The second-order valence-electron chi connectivity index (χ2n) is 8.24. The fourth-order valence-corrected chi connectivity index (χ4v) is 5.42. The first kappa shape index (κ1) is 25.7. The lowest BCUT2D eigenvalue weighted by molar-refractivity contribution is -0.140. The summed E-state index contributed by atoms with van der Waals surface area (Å²) in [6.07, 6.45) is 0.455. The lowest BCUT2D eigenvalue weighted by Gasteiger charge is -2.30. The van der Waals surface area contributed by atoms with Gasteiger partial charge in [0.05, 0.1) is 5.56 Å². The van der Waals surface area contributed by atoms with Gasteiger partial charge in [0.25, 0.3) is 15.9 Å². The molecule has 34 heavy (non-hydrogen) atoms. The number of halogens is 1. The molecule has 0 fully saturated rings. The van der Waals surface area contributed by atoms with Crippen LogP contribution in [-0.4, -0.2) is 54.0 Å². The minimum absolute atomic E-state index is 0.0640. The van der Waals surface area contributed by atoms with Gasteiger partial charge in [0.2, 0.25) is 11.8 Å². The zero-order valence-electron chi connectivity index (χ0n) is 19.3. The van der Waals surface area contributed by atoms with Crippen molar-refractivity contribution in [3.8, 4) is 0 Å². The van der Waals surface area contributed by atoms with Crippen LogP contribution in [0.1, 0.15) is 49.5 Å². The van der Waals surface area contributed by atoms with Crippen molar-refractivity contribution in [3.05, 3.63) is 64.7 Å². The molecule has 2 aromatic carbocycles. The molecule has 1 heterocycles. The van der Waals surface area contributed by atoms with E-state index in [2.05, 4.69) is 5.32 Å². The van der Waals surface area contributed by atoms with Crippen molar-refractivity contribution in [1.29, 1.82) is 0 Å². The lowest BCUT2D eigenvalue weighted by Crippen LogP contribution is -2.50. The highest BCUT2D eigenvalue weighted by atomic mass is 35.5. The van der Waals surface area contributed by atoms with Gasteiger partial charge in [-0.3, -0.25) is 14.4 Å². The van der Waals surface area contributed by atoms with Crippen LogP contribution in [0.2, 0.25) is 5.02 Å². The van der Waals surface area contributed by atoms with Gasteiger partial charge in [-0.05, 0) is 44.0 Å². The van der Waals surface area contributed by atoms with E-state index in [1.165, 1.54) is 17.0 Å². The summed E-state index contributed by atoms with van der Waals surface area (Å²) < 4.78 is 26.3. The third kappa shape index (κ3) is 5.26. The number of sulfonamides is 1. The Morgan fingerprint density at radius 2 is 1.74 bits per heavy atom. The molecule has 10 heteroatoms. The molecule has 0 aliphatic carbocycles. The van der Waals surface area contributed by atoms with Crippen LogP contribution in [-0.2, 0) is 26.2 Å². The summed E-state index contributed by atoms with van der Waals surface area (Å²) in [5, 5.41) is 3.31. The van der Waals surface area contributed by atoms with Gasteiger partial charge in [-0.2, -0.15) is 0 Å². The molecule has 182 valence electrons. The second kappa shape index (κ2) is 10.6. The molecule has 3 amide bonds. The minimum atomic E-state index is -4.03. The van der Waals surface area contributed by atoms with Crippen molar-refractivity contribution in [1.82, 2.24) is 14.5 Å². The van der Waals surface area contributed by atoms with E-state index in [-0.39, 0.29) is 41.9 Å². The van der Waals surface area contributed by atoms with Crippen LogP contribution in [0.5, 0.6) is 0 Å². The first-order chi connectivity index (χ1) is 16.1. The van der Waals surface area contributed by atoms with Gasteiger partial charge in [0.1, 0.15) is 10.9 Å². The smallest absolute Gasteiger partial charge is 0.269 e. The normalized spacial score (nSPS) is 16.0. The summed E-state index contributed by atoms with van der Waals surface area (Å²) in [5.74, 6) is -1.46. The van der Waals surface area contributed by atoms with Crippen LogP contribution in [0.15, 0.2) is 53.4 Å². The van der Waals surface area contributed by atoms with Gasteiger partial charge in [0.15, 0.2) is 0 Å². The van der Waals surface area contributed by atoms with Crippen molar-refractivity contribution < 1.29 is 22.8 Å².